The Labute approximate surface area is 261 Å². The van der Waals surface area contributed by atoms with Gasteiger partial charge in [0.2, 0.25) is 0 Å². The maximum absolute atomic E-state index is 13.6. The fourth-order valence-electron chi connectivity index (χ4n) is 5.70. The van der Waals surface area contributed by atoms with Crippen molar-refractivity contribution in [2.24, 2.45) is 0 Å². The molecule has 0 bridgehead atoms. The van der Waals surface area contributed by atoms with Gasteiger partial charge in [0.05, 0.1) is 4.47 Å². The Bertz CT molecular complexity index is 1530. The summed E-state index contributed by atoms with van der Waals surface area (Å²) in [5.41, 5.74) is 2.42. The Kier molecular flexibility index (Phi) is 9.64. The first-order chi connectivity index (χ1) is 18.1. The fourth-order valence-corrected chi connectivity index (χ4v) is 10.0. The lowest BCUT2D eigenvalue weighted by molar-refractivity contribution is -0.00100. The van der Waals surface area contributed by atoms with Crippen LogP contribution in [-0.4, -0.2) is 14.5 Å². The molecule has 0 saturated heterocycles. The Morgan fingerprint density at radius 3 is 1.74 bits per heavy atom. The minimum atomic E-state index is -2.45. The number of benzene rings is 3. The third-order valence-electron chi connectivity index (χ3n) is 7.54. The number of fused-ring (bicyclic) bond motifs is 1. The number of pyridine rings is 1. The van der Waals surface area contributed by atoms with Gasteiger partial charge < -0.3 is 36.4 Å². The molecule has 5 aromatic rings. The van der Waals surface area contributed by atoms with E-state index in [1.807, 2.05) is 35.9 Å². The van der Waals surface area contributed by atoms with Crippen LogP contribution in [0.15, 0.2) is 106 Å². The van der Waals surface area contributed by atoms with Gasteiger partial charge in [0.1, 0.15) is 15.9 Å². The molecular formula is C31H28BrClIN3OP-. The van der Waals surface area contributed by atoms with Gasteiger partial charge in [0.15, 0.2) is 12.9 Å². The van der Waals surface area contributed by atoms with Crippen molar-refractivity contribution < 1.29 is 36.4 Å². The van der Waals surface area contributed by atoms with Gasteiger partial charge in [-0.2, -0.15) is 4.98 Å². The van der Waals surface area contributed by atoms with E-state index in [1.54, 1.807) is 0 Å². The van der Waals surface area contributed by atoms with Crippen molar-refractivity contribution in [2.45, 2.75) is 38.6 Å². The highest BCUT2D eigenvalue weighted by atomic mass is 127. The molecule has 0 atom stereocenters. The van der Waals surface area contributed by atoms with Crippen LogP contribution in [0.1, 0.15) is 37.3 Å². The third kappa shape index (κ3) is 5.10. The highest BCUT2D eigenvalue weighted by Crippen LogP contribution is 2.53. The summed E-state index contributed by atoms with van der Waals surface area (Å²) in [6.07, 6.45) is 6.21. The summed E-state index contributed by atoms with van der Waals surface area (Å²) in [5, 5.41) is 4.50. The molecule has 1 saturated carbocycles. The summed E-state index contributed by atoms with van der Waals surface area (Å²) >= 11 is 3.58. The zero-order valence-electron chi connectivity index (χ0n) is 21.5. The number of aryl methyl sites for hydroxylation is 1. The average Bonchev–Trinajstić information content (AvgIpc) is 3.49. The Morgan fingerprint density at radius 2 is 1.28 bits per heavy atom. The number of hydrogen-bond acceptors (Lipinski definition) is 3. The number of nitrogens with zero attached hydrogens (tertiary/aromatic N) is 3. The monoisotopic (exact) mass is 730 g/mol. The van der Waals surface area contributed by atoms with Crippen LogP contribution in [-0.2, 0) is 0 Å². The Morgan fingerprint density at radius 1 is 0.821 bits per heavy atom. The predicted octanol–water partition coefficient (Wildman–Crippen LogP) is -0.395. The van der Waals surface area contributed by atoms with Gasteiger partial charge in [-0.05, 0) is 77.7 Å². The van der Waals surface area contributed by atoms with Crippen LogP contribution >= 0.6 is 23.2 Å². The number of aromatic nitrogens is 3. The first-order valence-electron chi connectivity index (χ1n) is 12.8. The van der Waals surface area contributed by atoms with Crippen LogP contribution in [0.4, 0.5) is 0 Å². The third-order valence-corrected chi connectivity index (χ3v) is 12.5. The molecule has 0 radical (unpaired) electrons. The molecule has 1 fully saturated rings. The highest BCUT2D eigenvalue weighted by Gasteiger charge is 2.51. The predicted molar refractivity (Wildman–Crippen MR) is 159 cm³/mol. The lowest BCUT2D eigenvalue weighted by Crippen LogP contribution is -3.00. The molecule has 39 heavy (non-hydrogen) atoms. The molecule has 1 aliphatic rings. The Balaban J connectivity index is 0.00000176. The summed E-state index contributed by atoms with van der Waals surface area (Å²) in [4.78, 5) is 24.1. The molecule has 200 valence electrons. The second-order valence-corrected chi connectivity index (χ2v) is 13.7. The molecule has 0 aliphatic heterocycles. The molecule has 0 spiro atoms. The molecule has 2 aromatic heterocycles. The summed E-state index contributed by atoms with van der Waals surface area (Å²) < 4.78 is 2.55. The number of rotatable bonds is 5. The molecule has 8 heteroatoms. The highest BCUT2D eigenvalue weighted by molar-refractivity contribution is 9.10. The lowest BCUT2D eigenvalue weighted by Gasteiger charge is -2.26. The van der Waals surface area contributed by atoms with Crippen LogP contribution in [0.5, 0.6) is 0 Å². The van der Waals surface area contributed by atoms with Gasteiger partial charge in [-0.15, -0.1) is 0 Å². The standard InChI is InChI=1S/C31H28BrN3OP.ClH.HI/c1-22-27-21-33-31(34-29(27)35(30(36)28(22)32)23-13-11-12-14-23)37(24-15-5-2-6-16-24,25-17-7-3-8-18-25)26-19-9-4-10-20-26;;/h2-10,15-21,23H,11-14H2,1H3;2*1H/q+1;;/p-2. The van der Waals surface area contributed by atoms with Crippen LogP contribution in [0.2, 0.25) is 0 Å². The van der Waals surface area contributed by atoms with E-state index >= 15 is 0 Å². The van der Waals surface area contributed by atoms with Crippen molar-refractivity contribution in [2.75, 3.05) is 0 Å². The van der Waals surface area contributed by atoms with Crippen molar-refractivity contribution >= 4 is 55.7 Å². The van der Waals surface area contributed by atoms with Crippen LogP contribution < -0.4 is 63.4 Å². The molecule has 0 N–H and O–H groups in total. The molecule has 0 amide bonds. The van der Waals surface area contributed by atoms with E-state index < -0.39 is 7.26 Å². The lowest BCUT2D eigenvalue weighted by atomic mass is 10.1. The molecule has 2 heterocycles. The number of hydrogen-bond donors (Lipinski definition) is 0. The van der Waals surface area contributed by atoms with Crippen molar-refractivity contribution in [3.05, 3.63) is 118 Å². The van der Waals surface area contributed by atoms with E-state index in [-0.39, 0.29) is 48.0 Å². The van der Waals surface area contributed by atoms with Gasteiger partial charge >= 0.3 is 0 Å². The van der Waals surface area contributed by atoms with Gasteiger partial charge in [-0.25, -0.2) is 4.98 Å². The van der Waals surface area contributed by atoms with Crippen molar-refractivity contribution in [1.82, 2.24) is 14.5 Å². The Hall–Kier alpha value is -2.12. The zero-order valence-corrected chi connectivity index (χ0v) is 26.9. The SMILES string of the molecule is Cc1c(Br)c(=O)n(C2CCCC2)c2nc([P+](c3ccccc3)(c3ccccc3)c3ccccc3)ncc12.[Cl-].[I-]. The van der Waals surface area contributed by atoms with Gasteiger partial charge in [0, 0.05) is 17.6 Å². The van der Waals surface area contributed by atoms with E-state index in [0.717, 1.165) is 47.8 Å². The summed E-state index contributed by atoms with van der Waals surface area (Å²) in [7, 11) is -2.45. The number of halogens is 3. The minimum Gasteiger partial charge on any atom is -1.00 e. The van der Waals surface area contributed by atoms with E-state index in [1.165, 1.54) is 15.9 Å². The molecule has 4 nitrogen and oxygen atoms in total. The van der Waals surface area contributed by atoms with Gasteiger partial charge in [0.25, 0.3) is 11.1 Å². The van der Waals surface area contributed by atoms with Crippen LogP contribution in [0.3, 0.4) is 0 Å². The van der Waals surface area contributed by atoms with E-state index in [4.69, 9.17) is 9.97 Å². The maximum atomic E-state index is 13.6. The van der Waals surface area contributed by atoms with Crippen LogP contribution in [0, 0.1) is 6.92 Å². The normalized spacial score (nSPS) is 13.6. The molecule has 1 aliphatic carbocycles. The topological polar surface area (TPSA) is 47.8 Å². The fraction of sp³-hybridized carbons (Fsp3) is 0.194. The summed E-state index contributed by atoms with van der Waals surface area (Å²) in [5.74, 6) is 0. The molecular weight excluding hydrogens is 704 g/mol. The first-order valence-corrected chi connectivity index (χ1v) is 15.3. The second kappa shape index (κ2) is 12.6. The smallest absolute Gasteiger partial charge is 0.294 e. The zero-order chi connectivity index (χ0) is 25.4. The van der Waals surface area contributed by atoms with E-state index in [2.05, 4.69) is 88.7 Å². The molecule has 0 unspecified atom stereocenters. The molecule has 6 rings (SSSR count). The van der Waals surface area contributed by atoms with Crippen LogP contribution in [0.25, 0.3) is 11.0 Å². The second-order valence-electron chi connectivity index (χ2n) is 9.64. The van der Waals surface area contributed by atoms with E-state index in [9.17, 15) is 4.79 Å². The van der Waals surface area contributed by atoms with Crippen molar-refractivity contribution in [1.29, 1.82) is 0 Å². The quantitative estimate of drug-likeness (QED) is 0.183. The first kappa shape index (κ1) is 29.9. The van der Waals surface area contributed by atoms with Crippen molar-refractivity contribution in [3.63, 3.8) is 0 Å². The van der Waals surface area contributed by atoms with Gasteiger partial charge in [-0.1, -0.05) is 67.4 Å². The summed E-state index contributed by atoms with van der Waals surface area (Å²) in [6.45, 7) is 1.98. The minimum absolute atomic E-state index is 0. The maximum Gasteiger partial charge on any atom is 0.294 e. The van der Waals surface area contributed by atoms with Crippen molar-refractivity contribution in [3.8, 4) is 0 Å². The van der Waals surface area contributed by atoms with E-state index in [0.29, 0.717) is 4.47 Å². The summed E-state index contributed by atoms with van der Waals surface area (Å²) in [6, 6.07) is 32.0. The van der Waals surface area contributed by atoms with Gasteiger partial charge in [-0.3, -0.25) is 9.36 Å². The average molecular weight is 732 g/mol. The molecule has 3 aromatic carbocycles. The largest absolute Gasteiger partial charge is 1.00 e.